The summed E-state index contributed by atoms with van der Waals surface area (Å²) in [7, 11) is 0. The van der Waals surface area contributed by atoms with E-state index in [0.717, 1.165) is 17.7 Å². The molecule has 0 aliphatic carbocycles. The van der Waals surface area contributed by atoms with Crippen molar-refractivity contribution < 1.29 is 14.3 Å². The molecule has 0 aromatic heterocycles. The quantitative estimate of drug-likeness (QED) is 0.868. The van der Waals surface area contributed by atoms with Crippen LogP contribution in [-0.4, -0.2) is 42.5 Å². The molecule has 23 heavy (non-hydrogen) atoms. The monoisotopic (exact) mass is 314 g/mol. The summed E-state index contributed by atoms with van der Waals surface area (Å²) in [5, 5.41) is 2.86. The second kappa shape index (κ2) is 5.81. The van der Waals surface area contributed by atoms with Gasteiger partial charge in [0.25, 0.3) is 5.91 Å². The molecule has 2 aliphatic rings. The molecule has 0 spiro atoms. The van der Waals surface area contributed by atoms with Gasteiger partial charge in [0, 0.05) is 24.3 Å². The molecule has 0 bridgehead atoms. The number of amides is 2. The van der Waals surface area contributed by atoms with Crippen molar-refractivity contribution in [3.8, 4) is 0 Å². The fourth-order valence-electron chi connectivity index (χ4n) is 3.14. The number of hydrogen-bond acceptors (Lipinski definition) is 3. The first-order valence-corrected chi connectivity index (χ1v) is 7.91. The van der Waals surface area contributed by atoms with Crippen LogP contribution in [0, 0.1) is 0 Å². The number of likely N-dealkylation sites (tertiary alicyclic amines) is 1. The maximum absolute atomic E-state index is 12.7. The number of anilines is 1. The van der Waals surface area contributed by atoms with E-state index in [1.54, 1.807) is 12.1 Å². The van der Waals surface area contributed by atoms with E-state index >= 15 is 0 Å². The zero-order chi connectivity index (χ0) is 16.6. The van der Waals surface area contributed by atoms with E-state index in [4.69, 9.17) is 4.74 Å². The van der Waals surface area contributed by atoms with E-state index in [-0.39, 0.29) is 17.9 Å². The lowest BCUT2D eigenvalue weighted by atomic mass is 9.85. The Hall–Kier alpha value is -2.14. The first-order chi connectivity index (χ1) is 10.9. The number of fused-ring (bicyclic) bond motifs is 1. The number of carbonyl (C=O) groups is 2. The second-order valence-electron chi connectivity index (χ2n) is 6.62. The number of benzene rings is 1. The molecule has 1 unspecified atom stereocenters. The minimum Gasteiger partial charge on any atom is -0.372 e. The van der Waals surface area contributed by atoms with Crippen LogP contribution < -0.4 is 5.32 Å². The van der Waals surface area contributed by atoms with Crippen LogP contribution in [0.5, 0.6) is 0 Å². The largest absolute Gasteiger partial charge is 0.372 e. The Balaban J connectivity index is 1.76. The second-order valence-corrected chi connectivity index (χ2v) is 6.62. The van der Waals surface area contributed by atoms with Gasteiger partial charge >= 0.3 is 0 Å². The number of rotatable bonds is 4. The predicted octanol–water partition coefficient (Wildman–Crippen LogP) is 2.33. The standard InChI is InChI=1S/C18H22N2O3/c1-4-9-23-13-7-8-20(11-13)16(21)12-5-6-15-14(10-12)18(2,3)17(22)19-15/h4-6,10,13H,1,7-9,11H2,2-3H3,(H,19,22). The van der Waals surface area contributed by atoms with Crippen LogP contribution in [0.15, 0.2) is 30.9 Å². The zero-order valence-corrected chi connectivity index (χ0v) is 13.6. The van der Waals surface area contributed by atoms with Gasteiger partial charge in [-0.1, -0.05) is 6.08 Å². The number of ether oxygens (including phenoxy) is 1. The van der Waals surface area contributed by atoms with Gasteiger partial charge < -0.3 is 15.0 Å². The van der Waals surface area contributed by atoms with Crippen molar-refractivity contribution in [1.29, 1.82) is 0 Å². The Morgan fingerprint density at radius 3 is 3.04 bits per heavy atom. The molecule has 3 rings (SSSR count). The summed E-state index contributed by atoms with van der Waals surface area (Å²) in [4.78, 5) is 26.5. The highest BCUT2D eigenvalue weighted by molar-refractivity contribution is 6.07. The van der Waals surface area contributed by atoms with Crippen molar-refractivity contribution in [2.45, 2.75) is 31.8 Å². The highest BCUT2D eigenvalue weighted by Crippen LogP contribution is 2.37. The lowest BCUT2D eigenvalue weighted by Gasteiger charge is -2.19. The summed E-state index contributed by atoms with van der Waals surface area (Å²) in [6.07, 6.45) is 2.64. The van der Waals surface area contributed by atoms with E-state index in [9.17, 15) is 9.59 Å². The molecule has 5 nitrogen and oxygen atoms in total. The van der Waals surface area contributed by atoms with Gasteiger partial charge in [0.15, 0.2) is 0 Å². The third kappa shape index (κ3) is 2.77. The molecule has 2 aliphatic heterocycles. The Morgan fingerprint density at radius 1 is 1.52 bits per heavy atom. The molecule has 2 heterocycles. The Morgan fingerprint density at radius 2 is 2.30 bits per heavy atom. The molecule has 5 heteroatoms. The van der Waals surface area contributed by atoms with Crippen molar-refractivity contribution in [1.82, 2.24) is 4.90 Å². The van der Waals surface area contributed by atoms with E-state index in [0.29, 0.717) is 25.3 Å². The first-order valence-electron chi connectivity index (χ1n) is 7.91. The number of nitrogens with one attached hydrogen (secondary N) is 1. The average Bonchev–Trinajstić information content (AvgIpc) is 3.08. The van der Waals surface area contributed by atoms with Crippen molar-refractivity contribution >= 4 is 17.5 Å². The van der Waals surface area contributed by atoms with E-state index in [2.05, 4.69) is 11.9 Å². The SMILES string of the molecule is C=CCOC1CCN(C(=O)c2ccc3c(c2)C(C)(C)C(=O)N3)C1. The third-order valence-electron chi connectivity index (χ3n) is 4.64. The molecule has 2 amide bonds. The summed E-state index contributed by atoms with van der Waals surface area (Å²) in [5.41, 5.74) is 1.70. The molecule has 0 saturated carbocycles. The zero-order valence-electron chi connectivity index (χ0n) is 13.6. The van der Waals surface area contributed by atoms with Crippen molar-refractivity contribution in [2.75, 3.05) is 25.0 Å². The van der Waals surface area contributed by atoms with Crippen LogP contribution in [0.3, 0.4) is 0 Å². The van der Waals surface area contributed by atoms with E-state index in [1.165, 1.54) is 0 Å². The van der Waals surface area contributed by atoms with Gasteiger partial charge in [-0.3, -0.25) is 9.59 Å². The van der Waals surface area contributed by atoms with Crippen LogP contribution >= 0.6 is 0 Å². The van der Waals surface area contributed by atoms with Gasteiger partial charge in [-0.25, -0.2) is 0 Å². The highest BCUT2D eigenvalue weighted by Gasteiger charge is 2.39. The molecule has 1 saturated heterocycles. The lowest BCUT2D eigenvalue weighted by molar-refractivity contribution is -0.119. The summed E-state index contributed by atoms with van der Waals surface area (Å²) in [6, 6.07) is 5.44. The van der Waals surface area contributed by atoms with Crippen LogP contribution in [-0.2, 0) is 14.9 Å². The number of carbonyl (C=O) groups excluding carboxylic acids is 2. The van der Waals surface area contributed by atoms with E-state index < -0.39 is 5.41 Å². The van der Waals surface area contributed by atoms with Crippen LogP contribution in [0.1, 0.15) is 36.2 Å². The molecule has 0 radical (unpaired) electrons. The maximum Gasteiger partial charge on any atom is 0.253 e. The third-order valence-corrected chi connectivity index (χ3v) is 4.64. The minimum atomic E-state index is -0.605. The number of hydrogen-bond donors (Lipinski definition) is 1. The molecule has 1 aromatic rings. The van der Waals surface area contributed by atoms with Gasteiger partial charge in [-0.2, -0.15) is 0 Å². The van der Waals surface area contributed by atoms with Crippen molar-refractivity contribution in [3.05, 3.63) is 42.0 Å². The molecule has 1 atom stereocenters. The van der Waals surface area contributed by atoms with Gasteiger partial charge in [-0.15, -0.1) is 6.58 Å². The van der Waals surface area contributed by atoms with Crippen molar-refractivity contribution in [3.63, 3.8) is 0 Å². The summed E-state index contributed by atoms with van der Waals surface area (Å²) in [5.74, 6) is -0.0381. The fourth-order valence-corrected chi connectivity index (χ4v) is 3.14. The minimum absolute atomic E-state index is 0.00680. The predicted molar refractivity (Wildman–Crippen MR) is 88.6 cm³/mol. The number of nitrogens with zero attached hydrogens (tertiary/aromatic N) is 1. The highest BCUT2D eigenvalue weighted by atomic mass is 16.5. The lowest BCUT2D eigenvalue weighted by Crippen LogP contribution is -2.30. The molecular formula is C18H22N2O3. The van der Waals surface area contributed by atoms with Gasteiger partial charge in [0.2, 0.25) is 5.91 Å². The van der Waals surface area contributed by atoms with Gasteiger partial charge in [0.05, 0.1) is 18.1 Å². The van der Waals surface area contributed by atoms with Crippen LogP contribution in [0.2, 0.25) is 0 Å². The smallest absolute Gasteiger partial charge is 0.253 e. The van der Waals surface area contributed by atoms with Crippen LogP contribution in [0.25, 0.3) is 0 Å². The van der Waals surface area contributed by atoms with Gasteiger partial charge in [-0.05, 0) is 44.0 Å². The summed E-state index contributed by atoms with van der Waals surface area (Å²) >= 11 is 0. The maximum atomic E-state index is 12.7. The van der Waals surface area contributed by atoms with Gasteiger partial charge in [0.1, 0.15) is 0 Å². The summed E-state index contributed by atoms with van der Waals surface area (Å²) in [6.45, 7) is 9.18. The fraction of sp³-hybridized carbons (Fsp3) is 0.444. The summed E-state index contributed by atoms with van der Waals surface area (Å²) < 4.78 is 5.62. The van der Waals surface area contributed by atoms with E-state index in [1.807, 2.05) is 30.9 Å². The molecule has 1 fully saturated rings. The molecule has 1 N–H and O–H groups in total. The van der Waals surface area contributed by atoms with Crippen LogP contribution in [0.4, 0.5) is 5.69 Å². The van der Waals surface area contributed by atoms with Crippen molar-refractivity contribution in [2.24, 2.45) is 0 Å². The normalized spacial score (nSPS) is 21.9. The first kappa shape index (κ1) is 15.7. The Bertz CT molecular complexity index is 666. The molecular weight excluding hydrogens is 292 g/mol. The molecule has 122 valence electrons. The Labute approximate surface area is 136 Å². The molecule has 1 aromatic carbocycles. The average molecular weight is 314 g/mol. The Kier molecular flexibility index (Phi) is 3.98. The topological polar surface area (TPSA) is 58.6 Å².